The molecule has 3 rings (SSSR count). The highest BCUT2D eigenvalue weighted by atomic mass is 16.5. The van der Waals surface area contributed by atoms with E-state index < -0.39 is 5.91 Å². The normalized spacial score (nSPS) is 18.1. The molecule has 2 heterocycles. The number of carbonyl (C=O) groups is 1. The molecular weight excluding hydrogens is 260 g/mol. The van der Waals surface area contributed by atoms with E-state index in [1.165, 1.54) is 12.1 Å². The number of nitrogens with one attached hydrogen (secondary N) is 2. The van der Waals surface area contributed by atoms with Crippen molar-refractivity contribution in [3.63, 3.8) is 0 Å². The van der Waals surface area contributed by atoms with Gasteiger partial charge in [-0.25, -0.2) is 0 Å². The summed E-state index contributed by atoms with van der Waals surface area (Å²) >= 11 is 0. The van der Waals surface area contributed by atoms with Gasteiger partial charge in [-0.2, -0.15) is 4.98 Å². The first kappa shape index (κ1) is 12.6. The number of benzene rings is 1. The predicted molar refractivity (Wildman–Crippen MR) is 70.3 cm³/mol. The van der Waals surface area contributed by atoms with E-state index in [0.717, 1.165) is 19.4 Å². The maximum atomic E-state index is 11.9. The third-order valence-electron chi connectivity index (χ3n) is 3.13. The fraction of sp³-hybridized carbons (Fsp3) is 0.308. The summed E-state index contributed by atoms with van der Waals surface area (Å²) in [4.78, 5) is 16.1. The molecule has 1 amide bonds. The van der Waals surface area contributed by atoms with Gasteiger partial charge in [-0.05, 0) is 43.7 Å². The number of hydrogen-bond donors (Lipinski definition) is 3. The van der Waals surface area contributed by atoms with Crippen LogP contribution < -0.4 is 10.6 Å². The van der Waals surface area contributed by atoms with Crippen molar-refractivity contribution in [2.24, 2.45) is 0 Å². The molecule has 1 aliphatic heterocycles. The van der Waals surface area contributed by atoms with Gasteiger partial charge in [0, 0.05) is 5.69 Å². The maximum Gasteiger partial charge on any atom is 0.297 e. The quantitative estimate of drug-likeness (QED) is 0.732. The Morgan fingerprint density at radius 2 is 2.20 bits per heavy atom. The molecule has 1 saturated heterocycles. The van der Waals surface area contributed by atoms with E-state index in [1.54, 1.807) is 12.1 Å². The van der Waals surface area contributed by atoms with Crippen molar-refractivity contribution in [3.05, 3.63) is 36.0 Å². The number of nitrogens with zero attached hydrogens (tertiary/aromatic N) is 2. The van der Waals surface area contributed by atoms with Crippen molar-refractivity contribution in [2.45, 2.75) is 18.9 Å². The molecule has 7 nitrogen and oxygen atoms in total. The highest BCUT2D eigenvalue weighted by Gasteiger charge is 2.24. The molecule has 0 saturated carbocycles. The minimum atomic E-state index is -0.441. The predicted octanol–water partition coefficient (Wildman–Crippen LogP) is 1.45. The number of aromatic hydroxyl groups is 1. The van der Waals surface area contributed by atoms with Gasteiger partial charge in [0.15, 0.2) is 0 Å². The topological polar surface area (TPSA) is 100 Å². The number of anilines is 1. The minimum Gasteiger partial charge on any atom is -0.508 e. The molecule has 2 aromatic rings. The van der Waals surface area contributed by atoms with E-state index in [1.807, 2.05) is 0 Å². The summed E-state index contributed by atoms with van der Waals surface area (Å²) < 4.78 is 5.10. The summed E-state index contributed by atoms with van der Waals surface area (Å²) in [5, 5.41) is 18.7. The lowest BCUT2D eigenvalue weighted by atomic mass is 10.2. The smallest absolute Gasteiger partial charge is 0.297 e. The van der Waals surface area contributed by atoms with Crippen LogP contribution in [0.4, 0.5) is 5.69 Å². The van der Waals surface area contributed by atoms with Gasteiger partial charge in [0.05, 0.1) is 6.04 Å². The molecule has 1 atom stereocenters. The van der Waals surface area contributed by atoms with E-state index in [2.05, 4.69) is 20.8 Å². The summed E-state index contributed by atoms with van der Waals surface area (Å²) in [5.41, 5.74) is 0.554. The summed E-state index contributed by atoms with van der Waals surface area (Å²) in [6.45, 7) is 0.919. The number of phenolic OH excluding ortho intramolecular Hbond substituents is 1. The van der Waals surface area contributed by atoms with Crippen LogP contribution in [-0.2, 0) is 0 Å². The van der Waals surface area contributed by atoms with E-state index in [-0.39, 0.29) is 17.6 Å². The Labute approximate surface area is 115 Å². The van der Waals surface area contributed by atoms with Crippen molar-refractivity contribution >= 4 is 11.6 Å². The Morgan fingerprint density at radius 3 is 2.90 bits per heavy atom. The van der Waals surface area contributed by atoms with Gasteiger partial charge >= 0.3 is 0 Å². The van der Waals surface area contributed by atoms with Gasteiger partial charge in [0.2, 0.25) is 5.89 Å². The second kappa shape index (κ2) is 5.30. The van der Waals surface area contributed by atoms with Gasteiger partial charge in [0.25, 0.3) is 11.7 Å². The molecule has 20 heavy (non-hydrogen) atoms. The molecule has 7 heteroatoms. The maximum absolute atomic E-state index is 11.9. The highest BCUT2D eigenvalue weighted by molar-refractivity contribution is 6.01. The van der Waals surface area contributed by atoms with Crippen LogP contribution in [0.25, 0.3) is 0 Å². The fourth-order valence-corrected chi connectivity index (χ4v) is 2.10. The van der Waals surface area contributed by atoms with Crippen molar-refractivity contribution < 1.29 is 14.4 Å². The first-order chi connectivity index (χ1) is 9.72. The van der Waals surface area contributed by atoms with Crippen molar-refractivity contribution in [1.29, 1.82) is 0 Å². The zero-order chi connectivity index (χ0) is 13.9. The van der Waals surface area contributed by atoms with E-state index >= 15 is 0 Å². The lowest BCUT2D eigenvalue weighted by molar-refractivity contribution is 0.101. The first-order valence-corrected chi connectivity index (χ1v) is 6.40. The third kappa shape index (κ3) is 2.62. The van der Waals surface area contributed by atoms with Crippen LogP contribution in [0, 0.1) is 0 Å². The molecule has 0 radical (unpaired) electrons. The molecule has 104 valence electrons. The number of amides is 1. The summed E-state index contributed by atoms with van der Waals surface area (Å²) in [6, 6.07) is 6.19. The van der Waals surface area contributed by atoms with Crippen molar-refractivity contribution in [3.8, 4) is 5.75 Å². The molecule has 1 aliphatic rings. The number of hydrogen-bond acceptors (Lipinski definition) is 6. The molecule has 0 spiro atoms. The summed E-state index contributed by atoms with van der Waals surface area (Å²) in [5.74, 6) is 0.140. The Bertz CT molecular complexity index is 602. The summed E-state index contributed by atoms with van der Waals surface area (Å²) in [6.07, 6.45) is 1.99. The first-order valence-electron chi connectivity index (χ1n) is 6.40. The van der Waals surface area contributed by atoms with Crippen LogP contribution >= 0.6 is 0 Å². The van der Waals surface area contributed by atoms with E-state index in [9.17, 15) is 9.90 Å². The average Bonchev–Trinajstić information content (AvgIpc) is 3.11. The van der Waals surface area contributed by atoms with Crippen LogP contribution in [0.1, 0.15) is 35.4 Å². The number of rotatable bonds is 3. The molecule has 1 fully saturated rings. The Morgan fingerprint density at radius 1 is 1.40 bits per heavy atom. The molecule has 3 N–H and O–H groups in total. The van der Waals surface area contributed by atoms with E-state index in [4.69, 9.17) is 4.52 Å². The van der Waals surface area contributed by atoms with E-state index in [0.29, 0.717) is 11.6 Å². The minimum absolute atomic E-state index is 0.00164. The third-order valence-corrected chi connectivity index (χ3v) is 3.13. The molecular formula is C13H14N4O3. The molecule has 0 bridgehead atoms. The second-order valence-corrected chi connectivity index (χ2v) is 4.61. The molecule has 0 aliphatic carbocycles. The van der Waals surface area contributed by atoms with Crippen LogP contribution in [0.5, 0.6) is 5.75 Å². The number of aromatic nitrogens is 2. The monoisotopic (exact) mass is 274 g/mol. The number of carbonyl (C=O) groups excluding carboxylic acids is 1. The molecule has 1 aromatic carbocycles. The standard InChI is InChI=1S/C13H14N4O3/c18-9-5-3-8(4-6-9)15-12(19)11-16-13(20-17-11)10-2-1-7-14-10/h3-6,10,14,18H,1-2,7H2,(H,15,19). The second-order valence-electron chi connectivity index (χ2n) is 4.61. The average molecular weight is 274 g/mol. The molecule has 1 aromatic heterocycles. The SMILES string of the molecule is O=C(Nc1ccc(O)cc1)c1noc(C2CCCN2)n1. The number of phenols is 1. The van der Waals surface area contributed by atoms with Crippen LogP contribution in [0.2, 0.25) is 0 Å². The van der Waals surface area contributed by atoms with Gasteiger partial charge in [0.1, 0.15) is 5.75 Å². The largest absolute Gasteiger partial charge is 0.508 e. The zero-order valence-corrected chi connectivity index (χ0v) is 10.7. The Hall–Kier alpha value is -2.41. The lowest BCUT2D eigenvalue weighted by Gasteiger charge is -2.02. The van der Waals surface area contributed by atoms with Crippen LogP contribution in [0.15, 0.2) is 28.8 Å². The Balaban J connectivity index is 1.69. The van der Waals surface area contributed by atoms with Crippen LogP contribution in [0.3, 0.4) is 0 Å². The molecule has 1 unspecified atom stereocenters. The summed E-state index contributed by atoms with van der Waals surface area (Å²) in [7, 11) is 0. The lowest BCUT2D eigenvalue weighted by Crippen LogP contribution is -2.15. The van der Waals surface area contributed by atoms with Gasteiger partial charge < -0.3 is 20.3 Å². The van der Waals surface area contributed by atoms with Crippen molar-refractivity contribution in [1.82, 2.24) is 15.5 Å². The Kier molecular flexibility index (Phi) is 3.34. The van der Waals surface area contributed by atoms with Crippen molar-refractivity contribution in [2.75, 3.05) is 11.9 Å². The van der Waals surface area contributed by atoms with Crippen LogP contribution in [-0.4, -0.2) is 27.7 Å². The van der Waals surface area contributed by atoms with Gasteiger partial charge in [-0.1, -0.05) is 5.16 Å². The van der Waals surface area contributed by atoms with Gasteiger partial charge in [-0.3, -0.25) is 4.79 Å². The highest BCUT2D eigenvalue weighted by Crippen LogP contribution is 2.21. The van der Waals surface area contributed by atoms with Gasteiger partial charge in [-0.15, -0.1) is 0 Å². The zero-order valence-electron chi connectivity index (χ0n) is 10.7. The fourth-order valence-electron chi connectivity index (χ4n) is 2.10.